The fourth-order valence-corrected chi connectivity index (χ4v) is 5.78. The van der Waals surface area contributed by atoms with E-state index in [2.05, 4.69) is 9.97 Å². The van der Waals surface area contributed by atoms with Crippen LogP contribution in [0.15, 0.2) is 41.7 Å². The minimum Gasteiger partial charge on any atom is -0.492 e. The predicted octanol–water partition coefficient (Wildman–Crippen LogP) is 1.30. The molecule has 1 spiro atoms. The Kier molecular flexibility index (Phi) is 5.37. The Morgan fingerprint density at radius 1 is 1.23 bits per heavy atom. The van der Waals surface area contributed by atoms with Crippen LogP contribution in [0.1, 0.15) is 30.3 Å². The minimum atomic E-state index is -3.88. The lowest BCUT2D eigenvalue weighted by atomic mass is 9.78. The summed E-state index contributed by atoms with van der Waals surface area (Å²) >= 11 is 0. The quantitative estimate of drug-likeness (QED) is 0.782. The number of ketones is 1. The Morgan fingerprint density at radius 2 is 1.97 bits per heavy atom. The first-order chi connectivity index (χ1) is 14.3. The van der Waals surface area contributed by atoms with E-state index in [4.69, 9.17) is 4.74 Å². The van der Waals surface area contributed by atoms with Gasteiger partial charge in [0.15, 0.2) is 0 Å². The molecule has 0 saturated carbocycles. The number of carbonyl (C=O) groups is 2. The summed E-state index contributed by atoms with van der Waals surface area (Å²) in [6.07, 6.45) is 4.09. The third kappa shape index (κ3) is 3.84. The summed E-state index contributed by atoms with van der Waals surface area (Å²) in [5.74, 6) is -0.0617. The van der Waals surface area contributed by atoms with E-state index in [1.807, 2.05) is 0 Å². The average molecular weight is 433 g/mol. The average Bonchev–Trinajstić information content (AvgIpc) is 3.26. The van der Waals surface area contributed by atoms with Gasteiger partial charge in [0.2, 0.25) is 10.0 Å². The van der Waals surface area contributed by atoms with E-state index in [-0.39, 0.29) is 29.7 Å². The number of aromatic nitrogens is 2. The van der Waals surface area contributed by atoms with Gasteiger partial charge in [-0.1, -0.05) is 12.1 Å². The number of imidazole rings is 1. The number of para-hydroxylation sites is 1. The predicted molar refractivity (Wildman–Crippen MR) is 108 cm³/mol. The number of hydrogen-bond donors (Lipinski definition) is 1. The molecular formula is C20H24N4O5S. The Hall–Kier alpha value is -2.72. The molecule has 1 saturated heterocycles. The van der Waals surface area contributed by atoms with Gasteiger partial charge in [-0.15, -0.1) is 0 Å². The second-order valence-corrected chi connectivity index (χ2v) is 9.87. The Balaban J connectivity index is 1.60. The molecular weight excluding hydrogens is 408 g/mol. The van der Waals surface area contributed by atoms with E-state index in [9.17, 15) is 18.0 Å². The number of likely N-dealkylation sites (tertiary alicyclic amines) is 1. The third-order valence-electron chi connectivity index (χ3n) is 5.75. The number of carbonyl (C=O) groups excluding carboxylic acids is 2. The number of hydrogen-bond acceptors (Lipinski definition) is 6. The summed E-state index contributed by atoms with van der Waals surface area (Å²) in [6.45, 7) is 2.63. The maximum absolute atomic E-state index is 13.3. The second-order valence-electron chi connectivity index (χ2n) is 7.97. The zero-order valence-electron chi connectivity index (χ0n) is 16.7. The molecule has 1 fully saturated rings. The van der Waals surface area contributed by atoms with Gasteiger partial charge in [0, 0.05) is 25.0 Å². The van der Waals surface area contributed by atoms with Crippen LogP contribution in [0.4, 0.5) is 0 Å². The number of rotatable bonds is 3. The smallest absolute Gasteiger partial charge is 0.271 e. The van der Waals surface area contributed by atoms with Gasteiger partial charge in [-0.2, -0.15) is 4.31 Å². The SMILES string of the molecule is CC(=O)CN1CC2(CCN(C(=O)c3cnc[nH]3)CC2)COc2ccccc2S1(=O)=O. The zero-order valence-corrected chi connectivity index (χ0v) is 17.5. The first-order valence-electron chi connectivity index (χ1n) is 9.80. The van der Waals surface area contributed by atoms with Crippen LogP contribution >= 0.6 is 0 Å². The number of H-pyrrole nitrogens is 1. The van der Waals surface area contributed by atoms with Crippen LogP contribution in [0.3, 0.4) is 0 Å². The lowest BCUT2D eigenvalue weighted by Crippen LogP contribution is -2.53. The number of amides is 1. The molecule has 1 amide bonds. The number of piperidine rings is 1. The highest BCUT2D eigenvalue weighted by Crippen LogP contribution is 2.39. The zero-order chi connectivity index (χ0) is 21.4. The highest BCUT2D eigenvalue weighted by molar-refractivity contribution is 7.89. The molecule has 30 heavy (non-hydrogen) atoms. The maximum atomic E-state index is 13.3. The Morgan fingerprint density at radius 3 is 2.63 bits per heavy atom. The lowest BCUT2D eigenvalue weighted by Gasteiger charge is -2.44. The number of ether oxygens (including phenoxy) is 1. The number of nitrogens with zero attached hydrogens (tertiary/aromatic N) is 3. The minimum absolute atomic E-state index is 0.0768. The van der Waals surface area contributed by atoms with Crippen molar-refractivity contribution in [2.45, 2.75) is 24.7 Å². The number of aromatic amines is 1. The highest BCUT2D eigenvalue weighted by Gasteiger charge is 2.43. The third-order valence-corrected chi connectivity index (χ3v) is 7.58. The summed E-state index contributed by atoms with van der Waals surface area (Å²) in [6, 6.07) is 6.50. The van der Waals surface area contributed by atoms with E-state index in [0.717, 1.165) is 0 Å². The summed E-state index contributed by atoms with van der Waals surface area (Å²) in [5, 5.41) is 0. The van der Waals surface area contributed by atoms with Crippen molar-refractivity contribution >= 4 is 21.7 Å². The van der Waals surface area contributed by atoms with Crippen molar-refractivity contribution in [2.24, 2.45) is 5.41 Å². The molecule has 4 rings (SSSR count). The molecule has 1 aromatic carbocycles. The van der Waals surface area contributed by atoms with E-state index in [0.29, 0.717) is 44.0 Å². The molecule has 2 aliphatic rings. The Labute approximate surface area is 175 Å². The molecule has 2 aliphatic heterocycles. The largest absolute Gasteiger partial charge is 0.492 e. The molecule has 1 aromatic heterocycles. The van der Waals surface area contributed by atoms with Crippen molar-refractivity contribution < 1.29 is 22.7 Å². The van der Waals surface area contributed by atoms with Crippen molar-refractivity contribution in [3.05, 3.63) is 42.5 Å². The Bertz CT molecular complexity index is 1040. The lowest BCUT2D eigenvalue weighted by molar-refractivity contribution is -0.117. The summed E-state index contributed by atoms with van der Waals surface area (Å²) in [4.78, 5) is 33.0. The van der Waals surface area contributed by atoms with Gasteiger partial charge < -0.3 is 14.6 Å². The number of benzene rings is 1. The highest BCUT2D eigenvalue weighted by atomic mass is 32.2. The number of nitrogens with one attached hydrogen (secondary N) is 1. The molecule has 10 heteroatoms. The van der Waals surface area contributed by atoms with E-state index >= 15 is 0 Å². The van der Waals surface area contributed by atoms with E-state index < -0.39 is 15.4 Å². The fraction of sp³-hybridized carbons (Fsp3) is 0.450. The molecule has 9 nitrogen and oxygen atoms in total. The first-order valence-corrected chi connectivity index (χ1v) is 11.2. The molecule has 0 radical (unpaired) electrons. The number of fused-ring (bicyclic) bond motifs is 1. The molecule has 0 unspecified atom stereocenters. The van der Waals surface area contributed by atoms with Gasteiger partial charge in [0.25, 0.3) is 5.91 Å². The van der Waals surface area contributed by atoms with E-state index in [1.165, 1.54) is 29.8 Å². The van der Waals surface area contributed by atoms with Crippen molar-refractivity contribution in [1.29, 1.82) is 0 Å². The standard InChI is InChI=1S/C20H24N4O5S/c1-15(25)11-24-12-20(13-29-17-4-2-3-5-18(17)30(24,27)28)6-8-23(9-7-20)19(26)16-10-21-14-22-16/h2-5,10,14H,6-9,11-13H2,1H3,(H,21,22). The van der Waals surface area contributed by atoms with Gasteiger partial charge in [0.05, 0.1) is 25.7 Å². The molecule has 160 valence electrons. The second kappa shape index (κ2) is 7.84. The van der Waals surface area contributed by atoms with Crippen LogP contribution in [0.2, 0.25) is 0 Å². The first kappa shape index (κ1) is 20.5. The van der Waals surface area contributed by atoms with Crippen LogP contribution in [0.5, 0.6) is 5.75 Å². The molecule has 0 atom stereocenters. The van der Waals surface area contributed by atoms with Crippen LogP contribution in [0.25, 0.3) is 0 Å². The fourth-order valence-electron chi connectivity index (χ4n) is 4.08. The summed E-state index contributed by atoms with van der Waals surface area (Å²) in [5.41, 5.74) is -0.0598. The maximum Gasteiger partial charge on any atom is 0.271 e. The molecule has 1 N–H and O–H groups in total. The van der Waals surface area contributed by atoms with Gasteiger partial charge in [-0.3, -0.25) is 9.59 Å². The number of sulfonamides is 1. The van der Waals surface area contributed by atoms with Crippen molar-refractivity contribution in [1.82, 2.24) is 19.2 Å². The van der Waals surface area contributed by atoms with Crippen LogP contribution < -0.4 is 4.74 Å². The van der Waals surface area contributed by atoms with Crippen molar-refractivity contribution in [2.75, 3.05) is 32.8 Å². The van der Waals surface area contributed by atoms with Gasteiger partial charge in [-0.05, 0) is 31.9 Å². The van der Waals surface area contributed by atoms with Gasteiger partial charge in [-0.25, -0.2) is 13.4 Å². The van der Waals surface area contributed by atoms with E-state index in [1.54, 1.807) is 23.1 Å². The molecule has 3 heterocycles. The van der Waals surface area contributed by atoms with Crippen LogP contribution in [-0.2, 0) is 14.8 Å². The molecule has 0 bridgehead atoms. The topological polar surface area (TPSA) is 113 Å². The molecule has 2 aromatic rings. The van der Waals surface area contributed by atoms with Gasteiger partial charge >= 0.3 is 0 Å². The summed E-state index contributed by atoms with van der Waals surface area (Å²) < 4.78 is 33.8. The molecule has 0 aliphatic carbocycles. The van der Waals surface area contributed by atoms with Crippen LogP contribution in [-0.4, -0.2) is 72.1 Å². The van der Waals surface area contributed by atoms with Crippen molar-refractivity contribution in [3.8, 4) is 5.75 Å². The van der Waals surface area contributed by atoms with Crippen LogP contribution in [0, 0.1) is 5.41 Å². The van der Waals surface area contributed by atoms with Gasteiger partial charge in [0.1, 0.15) is 22.1 Å². The normalized spacial score (nSPS) is 20.6. The van der Waals surface area contributed by atoms with Crippen molar-refractivity contribution in [3.63, 3.8) is 0 Å². The number of Topliss-reactive ketones (excluding diaryl/α,β-unsaturated/α-hetero) is 1. The monoisotopic (exact) mass is 432 g/mol. The summed E-state index contributed by atoms with van der Waals surface area (Å²) in [7, 11) is -3.88.